The number of hydrogen-bond acceptors (Lipinski definition) is 4. The van der Waals surface area contributed by atoms with E-state index in [-0.39, 0.29) is 5.97 Å². The van der Waals surface area contributed by atoms with Gasteiger partial charge in [0.2, 0.25) is 0 Å². The first-order chi connectivity index (χ1) is 14.1. The molecule has 3 aromatic carbocycles. The fourth-order valence-corrected chi connectivity index (χ4v) is 3.11. The summed E-state index contributed by atoms with van der Waals surface area (Å²) in [5, 5.41) is 0. The zero-order valence-electron chi connectivity index (χ0n) is 17.0. The van der Waals surface area contributed by atoms with Crippen molar-refractivity contribution in [2.24, 2.45) is 0 Å². The lowest BCUT2D eigenvalue weighted by atomic mass is 10.1. The number of ether oxygens (including phenoxy) is 2. The highest BCUT2D eigenvalue weighted by molar-refractivity contribution is 5.89. The van der Waals surface area contributed by atoms with Crippen LogP contribution in [0, 0.1) is 0 Å². The van der Waals surface area contributed by atoms with Crippen LogP contribution in [0.3, 0.4) is 0 Å². The number of likely N-dealkylation sites (N-methyl/N-ethyl adjacent to an activating group) is 1. The number of hydrogen-bond donors (Lipinski definition) is 0. The maximum absolute atomic E-state index is 11.5. The molecule has 0 saturated carbocycles. The fourth-order valence-electron chi connectivity index (χ4n) is 3.11. The molecule has 0 N–H and O–H groups in total. The molecule has 29 heavy (non-hydrogen) atoms. The minimum Gasteiger partial charge on any atom is -0.492 e. The van der Waals surface area contributed by atoms with Gasteiger partial charge in [-0.3, -0.25) is 4.90 Å². The molecule has 3 aromatic rings. The number of carbonyl (C=O) groups excluding carboxylic acids is 1. The molecule has 0 aromatic heterocycles. The van der Waals surface area contributed by atoms with Crippen LogP contribution in [0.4, 0.5) is 0 Å². The Morgan fingerprint density at radius 2 is 1.45 bits per heavy atom. The molecular weight excluding hydrogens is 362 g/mol. The van der Waals surface area contributed by atoms with Gasteiger partial charge in [-0.1, -0.05) is 54.6 Å². The Morgan fingerprint density at radius 1 is 0.828 bits per heavy atom. The molecule has 0 heterocycles. The van der Waals surface area contributed by atoms with Crippen molar-refractivity contribution >= 4 is 5.97 Å². The molecule has 3 rings (SSSR count). The van der Waals surface area contributed by atoms with Crippen LogP contribution in [-0.2, 0) is 17.7 Å². The maximum atomic E-state index is 11.5. The van der Waals surface area contributed by atoms with Crippen molar-refractivity contribution in [3.05, 3.63) is 101 Å². The molecule has 0 aliphatic carbocycles. The van der Waals surface area contributed by atoms with Gasteiger partial charge in [0.25, 0.3) is 0 Å². The summed E-state index contributed by atoms with van der Waals surface area (Å²) >= 11 is 0. The van der Waals surface area contributed by atoms with E-state index in [1.807, 2.05) is 30.3 Å². The van der Waals surface area contributed by atoms with Gasteiger partial charge in [-0.05, 0) is 54.4 Å². The minimum atomic E-state index is -0.312. The molecule has 0 aliphatic heterocycles. The summed E-state index contributed by atoms with van der Waals surface area (Å²) in [5.41, 5.74) is 4.29. The number of rotatable bonds is 9. The van der Waals surface area contributed by atoms with E-state index in [1.54, 1.807) is 12.1 Å². The van der Waals surface area contributed by atoms with Crippen molar-refractivity contribution in [3.63, 3.8) is 0 Å². The van der Waals surface area contributed by atoms with Crippen LogP contribution in [0.2, 0.25) is 0 Å². The van der Waals surface area contributed by atoms with Gasteiger partial charge < -0.3 is 9.47 Å². The van der Waals surface area contributed by atoms with E-state index in [0.717, 1.165) is 30.8 Å². The van der Waals surface area contributed by atoms with Gasteiger partial charge in [-0.25, -0.2) is 4.79 Å². The first-order valence-electron chi connectivity index (χ1n) is 9.75. The fraction of sp³-hybridized carbons (Fsp3) is 0.240. The van der Waals surface area contributed by atoms with Gasteiger partial charge in [0.1, 0.15) is 12.4 Å². The first kappa shape index (κ1) is 20.6. The van der Waals surface area contributed by atoms with Crippen molar-refractivity contribution in [3.8, 4) is 5.75 Å². The summed E-state index contributed by atoms with van der Waals surface area (Å²) in [6, 6.07) is 26.3. The lowest BCUT2D eigenvalue weighted by Crippen LogP contribution is -2.23. The van der Waals surface area contributed by atoms with E-state index in [0.29, 0.717) is 12.2 Å². The molecule has 0 spiro atoms. The molecule has 4 heteroatoms. The number of methoxy groups -OCH3 is 1. The molecular formula is C25H27NO3. The monoisotopic (exact) mass is 389 g/mol. The van der Waals surface area contributed by atoms with Crippen LogP contribution in [0.1, 0.15) is 27.0 Å². The Labute approximate surface area is 172 Å². The quantitative estimate of drug-likeness (QED) is 0.503. The Bertz CT molecular complexity index is 890. The third-order valence-corrected chi connectivity index (χ3v) is 4.74. The lowest BCUT2D eigenvalue weighted by molar-refractivity contribution is 0.0600. The van der Waals surface area contributed by atoms with Gasteiger partial charge in [0, 0.05) is 13.1 Å². The molecule has 0 radical (unpaired) electrons. The van der Waals surface area contributed by atoms with E-state index in [4.69, 9.17) is 9.47 Å². The van der Waals surface area contributed by atoms with E-state index in [1.165, 1.54) is 18.2 Å². The Balaban J connectivity index is 1.41. The summed E-state index contributed by atoms with van der Waals surface area (Å²) in [6.45, 7) is 2.22. The highest BCUT2D eigenvalue weighted by Crippen LogP contribution is 2.15. The van der Waals surface area contributed by atoms with E-state index in [9.17, 15) is 4.79 Å². The lowest BCUT2D eigenvalue weighted by Gasteiger charge is -2.17. The normalized spacial score (nSPS) is 10.7. The van der Waals surface area contributed by atoms with Crippen molar-refractivity contribution in [1.82, 2.24) is 4.90 Å². The van der Waals surface area contributed by atoms with Crippen molar-refractivity contribution < 1.29 is 14.3 Å². The summed E-state index contributed by atoms with van der Waals surface area (Å²) in [5.74, 6) is 0.575. The highest BCUT2D eigenvalue weighted by Gasteiger charge is 2.06. The second-order valence-corrected chi connectivity index (χ2v) is 7.08. The van der Waals surface area contributed by atoms with Crippen LogP contribution in [0.25, 0.3) is 0 Å². The van der Waals surface area contributed by atoms with Crippen LogP contribution in [0.15, 0.2) is 78.9 Å². The standard InChI is InChI=1S/C25H27NO3/c1-26(19-22-8-12-23(13-9-22)25(27)28-2)16-17-29-24-14-10-21(11-15-24)18-20-6-4-3-5-7-20/h3-15H,16-19H2,1-2H3. The van der Waals surface area contributed by atoms with E-state index >= 15 is 0 Å². The third-order valence-electron chi connectivity index (χ3n) is 4.74. The average molecular weight is 389 g/mol. The zero-order chi connectivity index (χ0) is 20.5. The van der Waals surface area contributed by atoms with Crippen LogP contribution >= 0.6 is 0 Å². The molecule has 4 nitrogen and oxygen atoms in total. The zero-order valence-corrected chi connectivity index (χ0v) is 17.0. The molecule has 0 atom stereocenters. The number of esters is 1. The number of carbonyl (C=O) groups is 1. The average Bonchev–Trinajstić information content (AvgIpc) is 2.76. The third kappa shape index (κ3) is 6.47. The van der Waals surface area contributed by atoms with Crippen molar-refractivity contribution in [2.75, 3.05) is 27.3 Å². The largest absolute Gasteiger partial charge is 0.492 e. The topological polar surface area (TPSA) is 38.8 Å². The van der Waals surface area contributed by atoms with Crippen LogP contribution < -0.4 is 4.74 Å². The Kier molecular flexibility index (Phi) is 7.42. The maximum Gasteiger partial charge on any atom is 0.337 e. The smallest absolute Gasteiger partial charge is 0.337 e. The van der Waals surface area contributed by atoms with Crippen molar-refractivity contribution in [2.45, 2.75) is 13.0 Å². The molecule has 0 unspecified atom stereocenters. The second-order valence-electron chi connectivity index (χ2n) is 7.08. The van der Waals surface area contributed by atoms with Gasteiger partial charge in [0.15, 0.2) is 0 Å². The van der Waals surface area contributed by atoms with Gasteiger partial charge in [0.05, 0.1) is 12.7 Å². The molecule has 0 amide bonds. The van der Waals surface area contributed by atoms with Gasteiger partial charge in [-0.2, -0.15) is 0 Å². The summed E-state index contributed by atoms with van der Waals surface area (Å²) in [6.07, 6.45) is 0.929. The van der Waals surface area contributed by atoms with Crippen molar-refractivity contribution in [1.29, 1.82) is 0 Å². The van der Waals surface area contributed by atoms with E-state index < -0.39 is 0 Å². The van der Waals surface area contributed by atoms with Gasteiger partial charge in [-0.15, -0.1) is 0 Å². The molecule has 150 valence electrons. The Hall–Kier alpha value is -3.11. The summed E-state index contributed by atoms with van der Waals surface area (Å²) in [4.78, 5) is 13.7. The molecule has 0 saturated heterocycles. The predicted octanol–water partition coefficient (Wildman–Crippen LogP) is 4.57. The number of nitrogens with zero attached hydrogens (tertiary/aromatic N) is 1. The van der Waals surface area contributed by atoms with Crippen LogP contribution in [0.5, 0.6) is 5.75 Å². The van der Waals surface area contributed by atoms with E-state index in [2.05, 4.69) is 48.3 Å². The van der Waals surface area contributed by atoms with Crippen LogP contribution in [-0.4, -0.2) is 38.2 Å². The molecule has 0 aliphatic rings. The SMILES string of the molecule is COC(=O)c1ccc(CN(C)CCOc2ccc(Cc3ccccc3)cc2)cc1. The highest BCUT2D eigenvalue weighted by atomic mass is 16.5. The van der Waals surface area contributed by atoms with Gasteiger partial charge >= 0.3 is 5.97 Å². The Morgan fingerprint density at radius 3 is 2.10 bits per heavy atom. The summed E-state index contributed by atoms with van der Waals surface area (Å²) in [7, 11) is 3.45. The predicted molar refractivity (Wildman–Crippen MR) is 115 cm³/mol. The second kappa shape index (κ2) is 10.4. The number of benzene rings is 3. The first-order valence-corrected chi connectivity index (χ1v) is 9.75. The molecule has 0 fully saturated rings. The summed E-state index contributed by atoms with van der Waals surface area (Å²) < 4.78 is 10.6. The molecule has 0 bridgehead atoms. The minimum absolute atomic E-state index is 0.312.